The molecule has 2 heteroatoms. The summed E-state index contributed by atoms with van der Waals surface area (Å²) in [6.45, 7) is 10.3. The normalized spacial score (nSPS) is 12.6. The summed E-state index contributed by atoms with van der Waals surface area (Å²) in [4.78, 5) is 0. The van der Waals surface area contributed by atoms with Crippen molar-refractivity contribution in [1.29, 1.82) is 0 Å². The molecule has 0 saturated carbocycles. The lowest BCUT2D eigenvalue weighted by Crippen LogP contribution is -2.23. The Morgan fingerprint density at radius 1 is 1.00 bits per heavy atom. The third-order valence-electron chi connectivity index (χ3n) is 2.14. The minimum absolute atomic E-state index is 0.732. The molecule has 1 aromatic carbocycles. The van der Waals surface area contributed by atoms with Gasteiger partial charge in [0, 0.05) is 0 Å². The monoisotopic (exact) mass is 270 g/mol. The van der Waals surface area contributed by atoms with Crippen molar-refractivity contribution in [3.8, 4) is 0 Å². The third kappa shape index (κ3) is 8.00. The van der Waals surface area contributed by atoms with Crippen LogP contribution in [0, 0.1) is 0 Å². The molecule has 0 aliphatic heterocycles. The molecule has 0 bridgehead atoms. The zero-order valence-corrected chi connectivity index (χ0v) is 13.0. The van der Waals surface area contributed by atoms with Gasteiger partial charge in [-0.3, -0.25) is 0 Å². The molecule has 0 amide bonds. The quantitative estimate of drug-likeness (QED) is 0.393. The topological polar surface area (TPSA) is 9.23 Å². The van der Waals surface area contributed by atoms with Crippen molar-refractivity contribution in [3.63, 3.8) is 0 Å². The Morgan fingerprint density at radius 2 is 1.63 bits per heavy atom. The van der Waals surface area contributed by atoms with E-state index < -0.39 is 8.32 Å². The van der Waals surface area contributed by atoms with Crippen molar-refractivity contribution in [2.24, 2.45) is 0 Å². The molecule has 1 rings (SSSR count). The van der Waals surface area contributed by atoms with Gasteiger partial charge in [-0.1, -0.05) is 67.3 Å². The molecule has 0 spiro atoms. The average molecular weight is 270 g/mol. The van der Waals surface area contributed by atoms with Crippen LogP contribution in [0.15, 0.2) is 73.1 Å². The van der Waals surface area contributed by atoms with Crippen LogP contribution in [0.4, 0.5) is 0 Å². The molecule has 100 valence electrons. The summed E-state index contributed by atoms with van der Waals surface area (Å²) in [5.41, 5.74) is 1.20. The molecule has 0 N–H and O–H groups in total. The highest BCUT2D eigenvalue weighted by atomic mass is 28.4. The molecular weight excluding hydrogens is 248 g/mol. The molecule has 1 nitrogen and oxygen atoms in total. The maximum atomic E-state index is 5.72. The van der Waals surface area contributed by atoms with Crippen LogP contribution >= 0.6 is 0 Å². The van der Waals surface area contributed by atoms with Crippen LogP contribution in [0.3, 0.4) is 0 Å². The summed E-state index contributed by atoms with van der Waals surface area (Å²) in [5, 5.41) is 0. The Morgan fingerprint density at radius 3 is 2.26 bits per heavy atom. The first-order valence-corrected chi connectivity index (χ1v) is 9.82. The highest BCUT2D eigenvalue weighted by Gasteiger charge is 2.15. The van der Waals surface area contributed by atoms with Gasteiger partial charge in [0.2, 0.25) is 8.32 Å². The van der Waals surface area contributed by atoms with E-state index in [1.807, 2.05) is 48.6 Å². The highest BCUT2D eigenvalue weighted by Crippen LogP contribution is 2.09. The Bertz CT molecular complexity index is 476. The number of hydrogen-bond donors (Lipinski definition) is 0. The SMILES string of the molecule is C=C(C=CC=CC=Cc1ccccc1)O[Si](C)(C)C. The maximum Gasteiger partial charge on any atom is 0.242 e. The Kier molecular flexibility index (Phi) is 6.10. The zero-order chi connectivity index (χ0) is 14.1. The predicted molar refractivity (Wildman–Crippen MR) is 87.3 cm³/mol. The molecule has 0 saturated heterocycles. The van der Waals surface area contributed by atoms with Gasteiger partial charge in [-0.25, -0.2) is 0 Å². The van der Waals surface area contributed by atoms with Gasteiger partial charge in [0.1, 0.15) is 0 Å². The van der Waals surface area contributed by atoms with Crippen molar-refractivity contribution >= 4 is 14.4 Å². The van der Waals surface area contributed by atoms with Crippen molar-refractivity contribution in [1.82, 2.24) is 0 Å². The molecule has 0 aliphatic carbocycles. The molecule has 0 aromatic heterocycles. The first kappa shape index (κ1) is 15.3. The fourth-order valence-corrected chi connectivity index (χ4v) is 2.30. The van der Waals surface area contributed by atoms with E-state index in [-0.39, 0.29) is 0 Å². The number of rotatable bonds is 6. The summed E-state index contributed by atoms with van der Waals surface area (Å²) >= 11 is 0. The lowest BCUT2D eigenvalue weighted by Gasteiger charge is -2.18. The van der Waals surface area contributed by atoms with E-state index in [2.05, 4.69) is 44.4 Å². The fourth-order valence-electron chi connectivity index (χ4n) is 1.45. The summed E-state index contributed by atoms with van der Waals surface area (Å²) in [5.74, 6) is 0.732. The Hall–Kier alpha value is -1.80. The Labute approximate surface area is 117 Å². The zero-order valence-electron chi connectivity index (χ0n) is 12.0. The van der Waals surface area contributed by atoms with Gasteiger partial charge >= 0.3 is 0 Å². The number of allylic oxidation sites excluding steroid dienone is 5. The van der Waals surface area contributed by atoms with Gasteiger partial charge in [0.25, 0.3) is 0 Å². The van der Waals surface area contributed by atoms with Crippen molar-refractivity contribution in [3.05, 3.63) is 78.6 Å². The molecule has 1 aromatic rings. The maximum absolute atomic E-state index is 5.72. The molecular formula is C17H22OSi. The molecule has 0 radical (unpaired) electrons. The minimum Gasteiger partial charge on any atom is -0.545 e. The molecule has 0 aliphatic rings. The van der Waals surface area contributed by atoms with E-state index in [4.69, 9.17) is 4.43 Å². The van der Waals surface area contributed by atoms with Crippen molar-refractivity contribution in [2.45, 2.75) is 19.6 Å². The minimum atomic E-state index is -1.53. The lowest BCUT2D eigenvalue weighted by atomic mass is 10.2. The first-order valence-electron chi connectivity index (χ1n) is 6.42. The van der Waals surface area contributed by atoms with Crippen LogP contribution in [-0.4, -0.2) is 8.32 Å². The van der Waals surface area contributed by atoms with E-state index in [0.29, 0.717) is 0 Å². The molecule has 0 atom stereocenters. The van der Waals surface area contributed by atoms with Crippen LogP contribution in [-0.2, 0) is 4.43 Å². The van der Waals surface area contributed by atoms with Gasteiger partial charge in [0.05, 0.1) is 5.76 Å². The number of benzene rings is 1. The second-order valence-electron chi connectivity index (χ2n) is 5.19. The van der Waals surface area contributed by atoms with E-state index in [1.54, 1.807) is 0 Å². The van der Waals surface area contributed by atoms with Crippen LogP contribution < -0.4 is 0 Å². The van der Waals surface area contributed by atoms with Gasteiger partial charge in [-0.2, -0.15) is 0 Å². The first-order chi connectivity index (χ1) is 8.97. The van der Waals surface area contributed by atoms with E-state index >= 15 is 0 Å². The Balaban J connectivity index is 2.38. The van der Waals surface area contributed by atoms with E-state index in [0.717, 1.165) is 5.76 Å². The second kappa shape index (κ2) is 7.59. The summed E-state index contributed by atoms with van der Waals surface area (Å²) < 4.78 is 5.72. The van der Waals surface area contributed by atoms with Gasteiger partial charge in [-0.05, 0) is 31.3 Å². The standard InChI is InChI=1S/C17H22OSi/c1-16(18-19(2,3)4)12-8-5-6-9-13-17-14-10-7-11-15-17/h5-15H,1H2,2-4H3. The van der Waals surface area contributed by atoms with Crippen molar-refractivity contribution < 1.29 is 4.43 Å². The predicted octanol–water partition coefficient (Wildman–Crippen LogP) is 5.18. The van der Waals surface area contributed by atoms with Crippen molar-refractivity contribution in [2.75, 3.05) is 0 Å². The van der Waals surface area contributed by atoms with Crippen LogP contribution in [0.5, 0.6) is 0 Å². The van der Waals surface area contributed by atoms with Crippen LogP contribution in [0.25, 0.3) is 6.08 Å². The van der Waals surface area contributed by atoms with Gasteiger partial charge in [-0.15, -0.1) is 0 Å². The van der Waals surface area contributed by atoms with Crippen LogP contribution in [0.1, 0.15) is 5.56 Å². The van der Waals surface area contributed by atoms with Crippen LogP contribution in [0.2, 0.25) is 19.6 Å². The third-order valence-corrected chi connectivity index (χ3v) is 3.02. The fraction of sp³-hybridized carbons (Fsp3) is 0.176. The largest absolute Gasteiger partial charge is 0.545 e. The molecule has 0 fully saturated rings. The number of hydrogen-bond acceptors (Lipinski definition) is 1. The molecule has 0 heterocycles. The van der Waals surface area contributed by atoms with E-state index in [1.165, 1.54) is 5.56 Å². The van der Waals surface area contributed by atoms with E-state index in [9.17, 15) is 0 Å². The highest BCUT2D eigenvalue weighted by molar-refractivity contribution is 6.70. The lowest BCUT2D eigenvalue weighted by molar-refractivity contribution is 0.444. The molecule has 0 unspecified atom stereocenters. The summed E-state index contributed by atoms with van der Waals surface area (Å²) in [6, 6.07) is 10.2. The second-order valence-corrected chi connectivity index (χ2v) is 9.62. The van der Waals surface area contributed by atoms with Gasteiger partial charge in [0.15, 0.2) is 0 Å². The molecule has 19 heavy (non-hydrogen) atoms. The average Bonchev–Trinajstić information content (AvgIpc) is 2.32. The smallest absolute Gasteiger partial charge is 0.242 e. The summed E-state index contributed by atoms with van der Waals surface area (Å²) in [7, 11) is -1.53. The van der Waals surface area contributed by atoms with Gasteiger partial charge < -0.3 is 4.43 Å². The summed E-state index contributed by atoms with van der Waals surface area (Å²) in [6.07, 6.45) is 11.9.